The number of piperidine rings is 1. The van der Waals surface area contributed by atoms with Gasteiger partial charge in [0.1, 0.15) is 5.60 Å². The quantitative estimate of drug-likeness (QED) is 0.786. The summed E-state index contributed by atoms with van der Waals surface area (Å²) in [5.74, 6) is 0. The molecule has 0 bridgehead atoms. The number of carbonyl (C=O) groups excluding carboxylic acids is 1. The van der Waals surface area contributed by atoms with Crippen LogP contribution in [0.4, 0.5) is 4.79 Å². The van der Waals surface area contributed by atoms with Crippen molar-refractivity contribution in [2.75, 3.05) is 13.1 Å². The van der Waals surface area contributed by atoms with Crippen molar-refractivity contribution in [1.82, 2.24) is 4.90 Å². The second-order valence-electron chi connectivity index (χ2n) is 6.20. The zero-order valence-electron chi connectivity index (χ0n) is 11.9. The predicted octanol–water partition coefficient (Wildman–Crippen LogP) is 1.49. The summed E-state index contributed by atoms with van der Waals surface area (Å²) >= 11 is 0. The van der Waals surface area contributed by atoms with Gasteiger partial charge in [-0.1, -0.05) is 0 Å². The largest absolute Gasteiger partial charge is 0.444 e. The maximum atomic E-state index is 12.2. The molecule has 0 aromatic rings. The molecule has 1 fully saturated rings. The van der Waals surface area contributed by atoms with Crippen LogP contribution in [0.2, 0.25) is 0 Å². The molecule has 2 atom stereocenters. The fourth-order valence-corrected chi connectivity index (χ4v) is 2.36. The number of aliphatic hydroxyl groups is 1. The molecule has 5 heteroatoms. The Labute approximate surface area is 109 Å². The first-order chi connectivity index (χ1) is 8.20. The van der Waals surface area contributed by atoms with Crippen molar-refractivity contribution in [2.24, 2.45) is 5.73 Å². The van der Waals surface area contributed by atoms with Gasteiger partial charge in [0.15, 0.2) is 0 Å². The molecule has 5 nitrogen and oxygen atoms in total. The number of nitrogens with zero attached hydrogens (tertiary/aromatic N) is 1. The minimum absolute atomic E-state index is 0.149. The number of hydrogen-bond donors (Lipinski definition) is 2. The van der Waals surface area contributed by atoms with Crippen molar-refractivity contribution in [3.05, 3.63) is 0 Å². The van der Waals surface area contributed by atoms with Gasteiger partial charge in [0.2, 0.25) is 0 Å². The van der Waals surface area contributed by atoms with E-state index in [9.17, 15) is 9.90 Å². The molecule has 0 radical (unpaired) electrons. The summed E-state index contributed by atoms with van der Waals surface area (Å²) in [5, 5.41) is 10.1. The normalized spacial score (nSPS) is 26.9. The molecule has 18 heavy (non-hydrogen) atoms. The maximum absolute atomic E-state index is 12.2. The SMILES string of the molecule is CC(C)(C)OC(=O)N1CCCCC1(C)C(O)CN. The second-order valence-corrected chi connectivity index (χ2v) is 6.20. The summed E-state index contributed by atoms with van der Waals surface area (Å²) in [6, 6.07) is 0. The van der Waals surface area contributed by atoms with Crippen LogP contribution in [0, 0.1) is 0 Å². The van der Waals surface area contributed by atoms with Gasteiger partial charge in [-0.3, -0.25) is 0 Å². The number of ether oxygens (including phenoxy) is 1. The van der Waals surface area contributed by atoms with Crippen LogP contribution in [0.5, 0.6) is 0 Å². The van der Waals surface area contributed by atoms with Crippen LogP contribution in [0.3, 0.4) is 0 Å². The van der Waals surface area contributed by atoms with E-state index in [-0.39, 0.29) is 12.6 Å². The van der Waals surface area contributed by atoms with Crippen LogP contribution in [0.15, 0.2) is 0 Å². The summed E-state index contributed by atoms with van der Waals surface area (Å²) in [5.41, 5.74) is 4.41. The Kier molecular flexibility index (Phi) is 4.61. The Balaban J connectivity index is 2.85. The molecule has 0 spiro atoms. The Bertz CT molecular complexity index is 301. The Morgan fingerprint density at radius 2 is 2.11 bits per heavy atom. The average molecular weight is 258 g/mol. The van der Waals surface area contributed by atoms with Crippen LogP contribution in [-0.2, 0) is 4.74 Å². The lowest BCUT2D eigenvalue weighted by Crippen LogP contribution is -2.61. The fourth-order valence-electron chi connectivity index (χ4n) is 2.36. The van der Waals surface area contributed by atoms with Gasteiger partial charge in [-0.15, -0.1) is 0 Å². The van der Waals surface area contributed by atoms with Crippen LogP contribution >= 0.6 is 0 Å². The predicted molar refractivity (Wildman–Crippen MR) is 70.3 cm³/mol. The van der Waals surface area contributed by atoms with Crippen molar-refractivity contribution < 1.29 is 14.6 Å². The highest BCUT2D eigenvalue weighted by molar-refractivity contribution is 5.69. The van der Waals surface area contributed by atoms with Gasteiger partial charge in [-0.2, -0.15) is 0 Å². The van der Waals surface area contributed by atoms with E-state index in [1.807, 2.05) is 27.7 Å². The summed E-state index contributed by atoms with van der Waals surface area (Å²) in [7, 11) is 0. The highest BCUT2D eigenvalue weighted by atomic mass is 16.6. The van der Waals surface area contributed by atoms with Gasteiger partial charge >= 0.3 is 6.09 Å². The van der Waals surface area contributed by atoms with Crippen molar-refractivity contribution >= 4 is 6.09 Å². The summed E-state index contributed by atoms with van der Waals surface area (Å²) < 4.78 is 5.40. The summed E-state index contributed by atoms with van der Waals surface area (Å²) in [6.07, 6.45) is 1.60. The first-order valence-corrected chi connectivity index (χ1v) is 6.59. The second kappa shape index (κ2) is 5.45. The van der Waals surface area contributed by atoms with E-state index in [0.717, 1.165) is 19.3 Å². The molecule has 0 saturated carbocycles. The highest BCUT2D eigenvalue weighted by Gasteiger charge is 2.44. The number of nitrogens with two attached hydrogens (primary N) is 1. The molecule has 2 unspecified atom stereocenters. The molecule has 0 aromatic carbocycles. The van der Waals surface area contributed by atoms with Gasteiger partial charge in [0.05, 0.1) is 11.6 Å². The lowest BCUT2D eigenvalue weighted by Gasteiger charge is -2.47. The van der Waals surface area contributed by atoms with Crippen molar-refractivity contribution in [2.45, 2.75) is 64.2 Å². The standard InChI is InChI=1S/C13H26N2O3/c1-12(2,3)18-11(17)15-8-6-5-7-13(15,4)10(16)9-14/h10,16H,5-9,14H2,1-4H3. The first kappa shape index (κ1) is 15.2. The van der Waals surface area contributed by atoms with E-state index in [0.29, 0.717) is 6.54 Å². The highest BCUT2D eigenvalue weighted by Crippen LogP contribution is 2.32. The van der Waals surface area contributed by atoms with Crippen LogP contribution in [0.1, 0.15) is 47.0 Å². The molecule has 0 aliphatic carbocycles. The van der Waals surface area contributed by atoms with Crippen molar-refractivity contribution in [1.29, 1.82) is 0 Å². The van der Waals surface area contributed by atoms with Gasteiger partial charge in [0, 0.05) is 13.1 Å². The number of aliphatic hydroxyl groups excluding tert-OH is 1. The molecular formula is C13H26N2O3. The van der Waals surface area contributed by atoms with E-state index in [2.05, 4.69) is 0 Å². The van der Waals surface area contributed by atoms with Crippen LogP contribution < -0.4 is 5.73 Å². The fraction of sp³-hybridized carbons (Fsp3) is 0.923. The van der Waals surface area contributed by atoms with Gasteiger partial charge in [-0.05, 0) is 47.0 Å². The number of carbonyl (C=O) groups is 1. The zero-order valence-corrected chi connectivity index (χ0v) is 11.9. The lowest BCUT2D eigenvalue weighted by molar-refractivity contribution is -0.0550. The first-order valence-electron chi connectivity index (χ1n) is 6.59. The average Bonchev–Trinajstić information content (AvgIpc) is 2.26. The third kappa shape index (κ3) is 3.36. The molecule has 1 aliphatic rings. The molecule has 1 rings (SSSR count). The molecule has 106 valence electrons. The topological polar surface area (TPSA) is 75.8 Å². The van der Waals surface area contributed by atoms with Gasteiger partial charge in [-0.25, -0.2) is 4.79 Å². The molecule has 1 saturated heterocycles. The Hall–Kier alpha value is -0.810. The maximum Gasteiger partial charge on any atom is 0.410 e. The number of likely N-dealkylation sites (tertiary alicyclic amines) is 1. The number of hydrogen-bond acceptors (Lipinski definition) is 4. The van der Waals surface area contributed by atoms with E-state index in [1.165, 1.54) is 0 Å². The third-order valence-electron chi connectivity index (χ3n) is 3.49. The van der Waals surface area contributed by atoms with E-state index < -0.39 is 17.2 Å². The third-order valence-corrected chi connectivity index (χ3v) is 3.49. The van der Waals surface area contributed by atoms with Crippen LogP contribution in [-0.4, -0.2) is 46.4 Å². The van der Waals surface area contributed by atoms with E-state index >= 15 is 0 Å². The monoisotopic (exact) mass is 258 g/mol. The Morgan fingerprint density at radius 3 is 2.61 bits per heavy atom. The molecule has 0 aromatic heterocycles. The van der Waals surface area contributed by atoms with E-state index in [4.69, 9.17) is 10.5 Å². The molecule has 1 amide bonds. The van der Waals surface area contributed by atoms with Crippen molar-refractivity contribution in [3.63, 3.8) is 0 Å². The Morgan fingerprint density at radius 1 is 1.50 bits per heavy atom. The van der Waals surface area contributed by atoms with Gasteiger partial charge < -0.3 is 20.5 Å². The molecule has 1 aliphatic heterocycles. The minimum Gasteiger partial charge on any atom is -0.444 e. The summed E-state index contributed by atoms with van der Waals surface area (Å²) in [4.78, 5) is 13.8. The lowest BCUT2D eigenvalue weighted by atomic mass is 9.83. The minimum atomic E-state index is -0.717. The smallest absolute Gasteiger partial charge is 0.410 e. The summed E-state index contributed by atoms with van der Waals surface area (Å²) in [6.45, 7) is 8.16. The molecule has 3 N–H and O–H groups in total. The van der Waals surface area contributed by atoms with E-state index in [1.54, 1.807) is 4.90 Å². The number of amides is 1. The van der Waals surface area contributed by atoms with Gasteiger partial charge in [0.25, 0.3) is 0 Å². The van der Waals surface area contributed by atoms with Crippen molar-refractivity contribution in [3.8, 4) is 0 Å². The van der Waals surface area contributed by atoms with Crippen LogP contribution in [0.25, 0.3) is 0 Å². The molecular weight excluding hydrogens is 232 g/mol. The number of rotatable bonds is 2. The zero-order chi connectivity index (χ0) is 14.0. The molecule has 1 heterocycles.